The molecule has 1 aromatic rings. The van der Waals surface area contributed by atoms with Gasteiger partial charge in [0.15, 0.2) is 0 Å². The molecule has 1 aliphatic rings. The summed E-state index contributed by atoms with van der Waals surface area (Å²) in [5, 5.41) is 6.74. The topological polar surface area (TPSA) is 58.9 Å². The van der Waals surface area contributed by atoms with Gasteiger partial charge in [-0.25, -0.2) is 0 Å². The first-order valence-electron chi connectivity index (χ1n) is 3.59. The van der Waals surface area contributed by atoms with Gasteiger partial charge < -0.3 is 0 Å². The molecule has 0 spiro atoms. The molecule has 0 aliphatic carbocycles. The molecule has 2 rings (SSSR count). The minimum absolute atomic E-state index is 0.138. The first kappa shape index (κ1) is 9.30. The Labute approximate surface area is 88.5 Å². The Morgan fingerprint density at radius 1 is 0.857 bits per heavy atom. The van der Waals surface area contributed by atoms with Crippen molar-refractivity contribution in [2.75, 3.05) is 0 Å². The summed E-state index contributed by atoms with van der Waals surface area (Å²) in [5.74, 6) is -1.17. The molecule has 0 unspecified atom stereocenters. The van der Waals surface area contributed by atoms with E-state index in [0.29, 0.717) is 0 Å². The Kier molecular flexibility index (Phi) is 2.09. The molecule has 1 heterocycles. The summed E-state index contributed by atoms with van der Waals surface area (Å²) in [7, 11) is 0. The van der Waals surface area contributed by atoms with Crippen LogP contribution in [0.25, 0.3) is 0 Å². The van der Waals surface area contributed by atoms with Crippen molar-refractivity contribution in [1.82, 2.24) is 0 Å². The molecule has 2 amide bonds. The van der Waals surface area contributed by atoms with Gasteiger partial charge in [-0.1, -0.05) is 23.2 Å². The maximum absolute atomic E-state index is 11.2. The third-order valence-corrected chi connectivity index (χ3v) is 2.48. The van der Waals surface area contributed by atoms with E-state index in [1.807, 2.05) is 0 Å². The second-order valence-electron chi connectivity index (χ2n) is 2.62. The smallest absolute Gasteiger partial charge is 0.265 e. The number of fused-ring (bicyclic) bond motifs is 1. The lowest BCUT2D eigenvalue weighted by atomic mass is 10.1. The van der Waals surface area contributed by atoms with Crippen molar-refractivity contribution in [2.45, 2.75) is 0 Å². The highest BCUT2D eigenvalue weighted by Crippen LogP contribution is 2.28. The minimum Gasteiger partial charge on any atom is -0.265 e. The molecule has 0 saturated carbocycles. The van der Waals surface area contributed by atoms with Crippen LogP contribution in [0.4, 0.5) is 0 Å². The van der Waals surface area contributed by atoms with Crippen molar-refractivity contribution in [1.29, 1.82) is 0 Å². The largest absolute Gasteiger partial charge is 0.296 e. The Morgan fingerprint density at radius 2 is 1.21 bits per heavy atom. The number of azo groups is 1. The van der Waals surface area contributed by atoms with Crippen molar-refractivity contribution >= 4 is 35.0 Å². The fourth-order valence-corrected chi connectivity index (χ4v) is 1.43. The molecular formula is C8H2Cl2N2O2. The summed E-state index contributed by atoms with van der Waals surface area (Å²) in [6.07, 6.45) is 0. The number of carbonyl (C=O) groups excluding carboxylic acids is 2. The van der Waals surface area contributed by atoms with E-state index in [4.69, 9.17) is 23.2 Å². The maximum atomic E-state index is 11.2. The van der Waals surface area contributed by atoms with E-state index in [1.54, 1.807) is 0 Å². The summed E-state index contributed by atoms with van der Waals surface area (Å²) in [4.78, 5) is 22.4. The molecule has 0 saturated heterocycles. The van der Waals surface area contributed by atoms with Crippen LogP contribution in [-0.2, 0) is 0 Å². The monoisotopic (exact) mass is 228 g/mol. The molecule has 0 bridgehead atoms. The number of halogens is 2. The van der Waals surface area contributed by atoms with Gasteiger partial charge in [0.1, 0.15) is 0 Å². The van der Waals surface area contributed by atoms with Crippen LogP contribution in [0, 0.1) is 0 Å². The highest BCUT2D eigenvalue weighted by atomic mass is 35.5. The highest BCUT2D eigenvalue weighted by Gasteiger charge is 2.23. The molecule has 0 radical (unpaired) electrons. The SMILES string of the molecule is O=C1N=NC(=O)c2cc(Cl)c(Cl)cc21. The first-order valence-corrected chi connectivity index (χ1v) is 4.34. The Bertz CT molecular complexity index is 439. The zero-order valence-electron chi connectivity index (χ0n) is 6.62. The molecule has 0 fully saturated rings. The summed E-state index contributed by atoms with van der Waals surface area (Å²) in [6.45, 7) is 0. The summed E-state index contributed by atoms with van der Waals surface area (Å²) >= 11 is 11.4. The van der Waals surface area contributed by atoms with E-state index in [2.05, 4.69) is 10.2 Å². The molecule has 4 nitrogen and oxygen atoms in total. The van der Waals surface area contributed by atoms with Gasteiger partial charge in [-0.2, -0.15) is 0 Å². The molecule has 1 aromatic carbocycles. The molecule has 70 valence electrons. The van der Waals surface area contributed by atoms with Crippen LogP contribution < -0.4 is 0 Å². The Morgan fingerprint density at radius 3 is 1.57 bits per heavy atom. The van der Waals surface area contributed by atoms with Gasteiger partial charge in [-0.15, -0.1) is 10.2 Å². The summed E-state index contributed by atoms with van der Waals surface area (Å²) in [6, 6.07) is 2.63. The molecule has 1 aliphatic heterocycles. The molecule has 0 N–H and O–H groups in total. The van der Waals surface area contributed by atoms with Crippen molar-refractivity contribution in [3.05, 3.63) is 33.3 Å². The lowest BCUT2D eigenvalue weighted by Gasteiger charge is -2.07. The number of amides is 2. The quantitative estimate of drug-likeness (QED) is 0.686. The van der Waals surface area contributed by atoms with E-state index in [1.165, 1.54) is 12.1 Å². The minimum atomic E-state index is -0.585. The third-order valence-electron chi connectivity index (χ3n) is 1.75. The van der Waals surface area contributed by atoms with Crippen LogP contribution >= 0.6 is 23.2 Å². The molecule has 0 atom stereocenters. The first-order chi connectivity index (χ1) is 6.59. The van der Waals surface area contributed by atoms with E-state index in [9.17, 15) is 9.59 Å². The zero-order valence-corrected chi connectivity index (χ0v) is 8.13. The van der Waals surface area contributed by atoms with Crippen molar-refractivity contribution < 1.29 is 9.59 Å². The zero-order chi connectivity index (χ0) is 10.3. The van der Waals surface area contributed by atoms with E-state index < -0.39 is 11.8 Å². The third kappa shape index (κ3) is 1.32. The van der Waals surface area contributed by atoms with Crippen LogP contribution in [-0.4, -0.2) is 11.8 Å². The van der Waals surface area contributed by atoms with E-state index in [-0.39, 0.29) is 21.2 Å². The van der Waals surface area contributed by atoms with Gasteiger partial charge in [0.05, 0.1) is 21.2 Å². The molecule has 0 aromatic heterocycles. The second kappa shape index (κ2) is 3.15. The van der Waals surface area contributed by atoms with E-state index in [0.717, 1.165) is 0 Å². The number of carbonyl (C=O) groups is 2. The van der Waals surface area contributed by atoms with Crippen LogP contribution in [0.15, 0.2) is 22.4 Å². The number of hydrogen-bond donors (Lipinski definition) is 0. The van der Waals surface area contributed by atoms with Crippen molar-refractivity contribution in [3.63, 3.8) is 0 Å². The Balaban J connectivity index is 2.73. The Hall–Kier alpha value is -1.26. The van der Waals surface area contributed by atoms with Gasteiger partial charge in [-0.05, 0) is 12.1 Å². The molecular weight excluding hydrogens is 227 g/mol. The molecule has 14 heavy (non-hydrogen) atoms. The average molecular weight is 229 g/mol. The maximum Gasteiger partial charge on any atom is 0.296 e. The number of hydrogen-bond acceptors (Lipinski definition) is 2. The predicted molar refractivity (Wildman–Crippen MR) is 50.0 cm³/mol. The summed E-state index contributed by atoms with van der Waals surface area (Å²) in [5.41, 5.74) is 0.277. The summed E-state index contributed by atoms with van der Waals surface area (Å²) < 4.78 is 0. The average Bonchev–Trinajstić information content (AvgIpc) is 2.15. The number of rotatable bonds is 0. The van der Waals surface area contributed by atoms with Crippen molar-refractivity contribution in [2.24, 2.45) is 10.2 Å². The van der Waals surface area contributed by atoms with Crippen molar-refractivity contribution in [3.8, 4) is 0 Å². The number of nitrogens with zero attached hydrogens (tertiary/aromatic N) is 2. The number of benzene rings is 1. The fourth-order valence-electron chi connectivity index (χ4n) is 1.10. The standard InChI is InChI=1S/C8H2Cl2N2O2/c9-5-1-3-4(2-6(5)10)8(14)12-11-7(3)13/h1-2H. The normalized spacial score (nSPS) is 14.4. The van der Waals surface area contributed by atoms with Gasteiger partial charge in [-0.3, -0.25) is 9.59 Å². The van der Waals surface area contributed by atoms with Gasteiger partial charge in [0, 0.05) is 0 Å². The molecule has 6 heteroatoms. The van der Waals surface area contributed by atoms with E-state index >= 15 is 0 Å². The predicted octanol–water partition coefficient (Wildman–Crippen LogP) is 2.74. The van der Waals surface area contributed by atoms with Gasteiger partial charge in [0.25, 0.3) is 11.8 Å². The van der Waals surface area contributed by atoms with Crippen LogP contribution in [0.3, 0.4) is 0 Å². The lowest BCUT2D eigenvalue weighted by molar-refractivity contribution is 0.0920. The van der Waals surface area contributed by atoms with Crippen LogP contribution in [0.1, 0.15) is 20.7 Å². The fraction of sp³-hybridized carbons (Fsp3) is 0. The second-order valence-corrected chi connectivity index (χ2v) is 3.44. The van der Waals surface area contributed by atoms with Crippen LogP contribution in [0.2, 0.25) is 10.0 Å². The van der Waals surface area contributed by atoms with Gasteiger partial charge >= 0.3 is 0 Å². The lowest BCUT2D eigenvalue weighted by Crippen LogP contribution is -2.10. The van der Waals surface area contributed by atoms with Crippen LogP contribution in [0.5, 0.6) is 0 Å². The van der Waals surface area contributed by atoms with Gasteiger partial charge in [0.2, 0.25) is 0 Å². The highest BCUT2D eigenvalue weighted by molar-refractivity contribution is 6.42.